The third kappa shape index (κ3) is 2.52. The van der Waals surface area contributed by atoms with E-state index in [1.54, 1.807) is 10.9 Å². The summed E-state index contributed by atoms with van der Waals surface area (Å²) in [7, 11) is 1.90. The number of aromatic nitrogens is 5. The lowest BCUT2D eigenvalue weighted by molar-refractivity contribution is 0.168. The summed E-state index contributed by atoms with van der Waals surface area (Å²) in [5.41, 5.74) is 2.66. The van der Waals surface area contributed by atoms with E-state index >= 15 is 0 Å². The topological polar surface area (TPSA) is 68.8 Å². The number of hydrogen-bond acceptors (Lipinski definition) is 4. The van der Waals surface area contributed by atoms with E-state index in [1.807, 2.05) is 31.6 Å². The summed E-state index contributed by atoms with van der Waals surface area (Å²) in [5, 5.41) is 21.9. The van der Waals surface area contributed by atoms with E-state index in [0.717, 1.165) is 11.4 Å². The minimum atomic E-state index is -0.531. The molecule has 6 nitrogen and oxygen atoms in total. The van der Waals surface area contributed by atoms with Gasteiger partial charge in [0, 0.05) is 7.05 Å². The van der Waals surface area contributed by atoms with Gasteiger partial charge in [-0.1, -0.05) is 12.1 Å². The van der Waals surface area contributed by atoms with Crippen LogP contribution in [0, 0.1) is 6.92 Å². The second-order valence-corrected chi connectivity index (χ2v) is 4.17. The number of hydrogen-bond donors (Lipinski definition) is 1. The number of aliphatic hydroxyl groups is 1. The second-order valence-electron chi connectivity index (χ2n) is 4.17. The van der Waals surface area contributed by atoms with Crippen molar-refractivity contribution in [2.24, 2.45) is 7.05 Å². The normalized spacial score (nSPS) is 12.9. The van der Waals surface area contributed by atoms with Gasteiger partial charge in [0.2, 0.25) is 0 Å². The van der Waals surface area contributed by atoms with Crippen LogP contribution in [0.5, 0.6) is 0 Å². The predicted molar refractivity (Wildman–Crippen MR) is 62.3 cm³/mol. The van der Waals surface area contributed by atoms with Gasteiger partial charge in [-0.25, -0.2) is 4.68 Å². The fourth-order valence-corrected chi connectivity index (χ4v) is 1.73. The number of aryl methyl sites for hydroxylation is 2. The van der Waals surface area contributed by atoms with Crippen molar-refractivity contribution in [1.82, 2.24) is 24.8 Å². The molecule has 0 saturated heterocycles. The molecular weight excluding hydrogens is 218 g/mol. The van der Waals surface area contributed by atoms with Crippen LogP contribution in [-0.2, 0) is 13.6 Å². The Morgan fingerprint density at radius 3 is 2.82 bits per heavy atom. The molecule has 1 unspecified atom stereocenters. The highest BCUT2D eigenvalue weighted by Gasteiger charge is 2.10. The van der Waals surface area contributed by atoms with Crippen LogP contribution in [0.2, 0.25) is 0 Å². The average Bonchev–Trinajstić information content (AvgIpc) is 2.86. The Morgan fingerprint density at radius 2 is 2.24 bits per heavy atom. The second kappa shape index (κ2) is 4.67. The molecule has 2 rings (SSSR count). The highest BCUT2D eigenvalue weighted by Crippen LogP contribution is 2.12. The van der Waals surface area contributed by atoms with Crippen LogP contribution in [0.3, 0.4) is 0 Å². The van der Waals surface area contributed by atoms with E-state index < -0.39 is 6.10 Å². The van der Waals surface area contributed by atoms with E-state index in [4.69, 9.17) is 0 Å². The summed E-state index contributed by atoms with van der Waals surface area (Å²) in [6, 6.07) is 2.01. The summed E-state index contributed by atoms with van der Waals surface area (Å²) in [6.45, 7) is 4.48. The molecule has 0 aliphatic rings. The molecule has 92 valence electrons. The van der Waals surface area contributed by atoms with Gasteiger partial charge in [0.1, 0.15) is 5.69 Å². The van der Waals surface area contributed by atoms with Gasteiger partial charge in [0.25, 0.3) is 0 Å². The lowest BCUT2D eigenvalue weighted by Gasteiger charge is -2.02. The fraction of sp³-hybridized carbons (Fsp3) is 0.545. The summed E-state index contributed by atoms with van der Waals surface area (Å²) in [4.78, 5) is 0. The van der Waals surface area contributed by atoms with Crippen molar-refractivity contribution in [3.05, 3.63) is 29.3 Å². The molecule has 0 fully saturated rings. The summed E-state index contributed by atoms with van der Waals surface area (Å²) in [6.07, 6.45) is 1.89. The molecule has 2 aromatic heterocycles. The SMILES string of the molecule is CCC(O)c1cn(Cc2cc(C)nn2C)nn1. The van der Waals surface area contributed by atoms with Crippen molar-refractivity contribution in [2.45, 2.75) is 32.9 Å². The maximum atomic E-state index is 9.63. The molecule has 17 heavy (non-hydrogen) atoms. The molecular formula is C11H17N5O. The van der Waals surface area contributed by atoms with Crippen LogP contribution >= 0.6 is 0 Å². The van der Waals surface area contributed by atoms with Gasteiger partial charge in [0.15, 0.2) is 0 Å². The van der Waals surface area contributed by atoms with Gasteiger partial charge in [-0.3, -0.25) is 4.68 Å². The molecule has 0 amide bonds. The first-order chi connectivity index (χ1) is 8.10. The van der Waals surface area contributed by atoms with Gasteiger partial charge < -0.3 is 5.11 Å². The van der Waals surface area contributed by atoms with Crippen molar-refractivity contribution in [1.29, 1.82) is 0 Å². The van der Waals surface area contributed by atoms with Gasteiger partial charge in [0.05, 0.1) is 30.2 Å². The molecule has 0 aliphatic heterocycles. The van der Waals surface area contributed by atoms with Crippen LogP contribution in [0.4, 0.5) is 0 Å². The Kier molecular flexibility index (Phi) is 3.23. The minimum absolute atomic E-state index is 0.531. The van der Waals surface area contributed by atoms with Gasteiger partial charge >= 0.3 is 0 Å². The highest BCUT2D eigenvalue weighted by molar-refractivity contribution is 5.09. The Balaban J connectivity index is 2.14. The largest absolute Gasteiger partial charge is 0.387 e. The van der Waals surface area contributed by atoms with E-state index in [2.05, 4.69) is 15.4 Å². The van der Waals surface area contributed by atoms with Crippen LogP contribution in [0.15, 0.2) is 12.3 Å². The molecule has 0 bridgehead atoms. The molecule has 1 N–H and O–H groups in total. The molecule has 6 heteroatoms. The molecule has 0 saturated carbocycles. The smallest absolute Gasteiger partial charge is 0.111 e. The Bertz CT molecular complexity index is 502. The zero-order chi connectivity index (χ0) is 12.4. The van der Waals surface area contributed by atoms with E-state index in [-0.39, 0.29) is 0 Å². The number of nitrogens with zero attached hydrogens (tertiary/aromatic N) is 5. The maximum Gasteiger partial charge on any atom is 0.111 e. The first-order valence-electron chi connectivity index (χ1n) is 5.67. The lowest BCUT2D eigenvalue weighted by Crippen LogP contribution is -2.06. The third-order valence-electron chi connectivity index (χ3n) is 2.71. The summed E-state index contributed by atoms with van der Waals surface area (Å²) >= 11 is 0. The standard InChI is InChI=1S/C11H17N5O/c1-4-11(17)10-7-16(14-12-10)6-9-5-8(2)13-15(9)3/h5,7,11,17H,4,6H2,1-3H3. The molecule has 0 spiro atoms. The Labute approximate surface area is 99.9 Å². The maximum absolute atomic E-state index is 9.63. The summed E-state index contributed by atoms with van der Waals surface area (Å²) in [5.74, 6) is 0. The monoisotopic (exact) mass is 235 g/mol. The molecule has 1 atom stereocenters. The van der Waals surface area contributed by atoms with Crippen molar-refractivity contribution in [3.8, 4) is 0 Å². The summed E-state index contributed by atoms with van der Waals surface area (Å²) < 4.78 is 3.54. The minimum Gasteiger partial charge on any atom is -0.387 e. The van der Waals surface area contributed by atoms with Crippen LogP contribution in [-0.4, -0.2) is 29.9 Å². The fourth-order valence-electron chi connectivity index (χ4n) is 1.73. The molecule has 2 aromatic rings. The van der Waals surface area contributed by atoms with E-state index in [0.29, 0.717) is 18.7 Å². The van der Waals surface area contributed by atoms with E-state index in [1.165, 1.54) is 0 Å². The number of aliphatic hydroxyl groups excluding tert-OH is 1. The van der Waals surface area contributed by atoms with Gasteiger partial charge in [-0.15, -0.1) is 5.10 Å². The Hall–Kier alpha value is -1.69. The van der Waals surface area contributed by atoms with Crippen LogP contribution in [0.1, 0.15) is 36.5 Å². The van der Waals surface area contributed by atoms with Gasteiger partial charge in [-0.05, 0) is 19.4 Å². The van der Waals surface area contributed by atoms with Crippen molar-refractivity contribution in [3.63, 3.8) is 0 Å². The predicted octanol–water partition coefficient (Wildman–Crippen LogP) is 0.812. The first-order valence-corrected chi connectivity index (χ1v) is 5.67. The zero-order valence-electron chi connectivity index (χ0n) is 10.3. The average molecular weight is 235 g/mol. The lowest BCUT2D eigenvalue weighted by atomic mass is 10.2. The molecule has 0 aromatic carbocycles. The van der Waals surface area contributed by atoms with E-state index in [9.17, 15) is 5.11 Å². The van der Waals surface area contributed by atoms with Crippen molar-refractivity contribution in [2.75, 3.05) is 0 Å². The quantitative estimate of drug-likeness (QED) is 0.851. The first kappa shape index (κ1) is 11.8. The van der Waals surface area contributed by atoms with Gasteiger partial charge in [-0.2, -0.15) is 5.10 Å². The molecule has 0 aliphatic carbocycles. The third-order valence-corrected chi connectivity index (χ3v) is 2.71. The molecule has 0 radical (unpaired) electrons. The zero-order valence-corrected chi connectivity index (χ0v) is 10.3. The molecule has 2 heterocycles. The Morgan fingerprint density at radius 1 is 1.47 bits per heavy atom. The number of rotatable bonds is 4. The van der Waals surface area contributed by atoms with Crippen LogP contribution in [0.25, 0.3) is 0 Å². The highest BCUT2D eigenvalue weighted by atomic mass is 16.3. The van der Waals surface area contributed by atoms with Crippen molar-refractivity contribution < 1.29 is 5.11 Å². The van der Waals surface area contributed by atoms with Crippen molar-refractivity contribution >= 4 is 0 Å². The van der Waals surface area contributed by atoms with Crippen LogP contribution < -0.4 is 0 Å².